The zero-order valence-corrected chi connectivity index (χ0v) is 47.7. The third kappa shape index (κ3) is 8.39. The van der Waals surface area contributed by atoms with E-state index in [0.29, 0.717) is 34.5 Å². The van der Waals surface area contributed by atoms with Crippen LogP contribution in [-0.4, -0.2) is 165 Å². The second kappa shape index (κ2) is 20.6. The molecule has 6 aliphatic carbocycles. The first-order chi connectivity index (χ1) is 40.2. The van der Waals surface area contributed by atoms with Gasteiger partial charge in [-0.25, -0.2) is 0 Å². The number of aliphatic hydroxyl groups is 5. The van der Waals surface area contributed by atoms with Crippen molar-refractivity contribution in [1.29, 1.82) is 0 Å². The van der Waals surface area contributed by atoms with Crippen LogP contribution in [0.15, 0.2) is 124 Å². The molecule has 5 aromatic rings. The number of anilines is 1. The number of nitrogens with two attached hydrogens (primary N) is 1. The summed E-state index contributed by atoms with van der Waals surface area (Å²) in [6.45, 7) is 0.615. The van der Waals surface area contributed by atoms with Crippen molar-refractivity contribution >= 4 is 62.9 Å². The number of aliphatic hydroxyl groups excluding tert-OH is 3. The fraction of sp³-hybridized carbons (Fsp3) is 0.333. The van der Waals surface area contributed by atoms with E-state index in [1.165, 1.54) is 50.3 Å². The third-order valence-electron chi connectivity index (χ3n) is 18.1. The molecule has 0 spiro atoms. The van der Waals surface area contributed by atoms with Crippen LogP contribution in [0.2, 0.25) is 0 Å². The highest BCUT2D eigenvalue weighted by Gasteiger charge is 2.67. The van der Waals surface area contributed by atoms with Crippen molar-refractivity contribution in [3.05, 3.63) is 151 Å². The fourth-order valence-electron chi connectivity index (χ4n) is 14.4. The number of aromatic hydroxyl groups is 2. The molecule has 0 saturated heterocycles. The van der Waals surface area contributed by atoms with Gasteiger partial charge in [0.05, 0.1) is 17.2 Å². The van der Waals surface area contributed by atoms with Gasteiger partial charge in [0, 0.05) is 69.0 Å². The van der Waals surface area contributed by atoms with Crippen LogP contribution in [0.25, 0.3) is 38.8 Å². The average molecular weight is 1160 g/mol. The van der Waals surface area contributed by atoms with Gasteiger partial charge in [0.1, 0.15) is 51.7 Å². The lowest BCUT2D eigenvalue weighted by atomic mass is 9.57. The number of hydrogen-bond donors (Lipinski definition) is 9. The van der Waals surface area contributed by atoms with Crippen molar-refractivity contribution in [2.75, 3.05) is 61.3 Å². The number of carbonyl (C=O) groups excluding carboxylic acids is 6. The summed E-state index contributed by atoms with van der Waals surface area (Å²) in [6.07, 6.45) is -0.863. The van der Waals surface area contributed by atoms with Crippen molar-refractivity contribution in [1.82, 2.24) is 20.2 Å². The maximum Gasteiger partial charge on any atom is 0.258 e. The second-order valence-electron chi connectivity index (χ2n) is 23.5. The molecular weight excluding hydrogens is 1090 g/mol. The lowest BCUT2D eigenvalue weighted by Crippen LogP contribution is -2.67. The monoisotopic (exact) mass is 1160 g/mol. The lowest BCUT2D eigenvalue weighted by molar-refractivity contribution is -0.208. The van der Waals surface area contributed by atoms with Crippen LogP contribution in [0.5, 0.6) is 11.5 Å². The number of amides is 2. The highest BCUT2D eigenvalue weighted by Crippen LogP contribution is 2.58. The van der Waals surface area contributed by atoms with Gasteiger partial charge < -0.3 is 61.4 Å². The number of fused-ring (bicyclic) bond motifs is 7. The summed E-state index contributed by atoms with van der Waals surface area (Å²) in [5.41, 5.74) is 0.134. The Labute approximate surface area is 486 Å². The third-order valence-corrected chi connectivity index (χ3v) is 18.1. The highest BCUT2D eigenvalue weighted by atomic mass is 16.7. The van der Waals surface area contributed by atoms with Crippen molar-refractivity contribution in [3.8, 4) is 33.8 Å². The molecule has 440 valence electrons. The lowest BCUT2D eigenvalue weighted by Gasteiger charge is -2.53. The summed E-state index contributed by atoms with van der Waals surface area (Å²) in [4.78, 5) is 112. The maximum atomic E-state index is 15.8. The fourth-order valence-corrected chi connectivity index (χ4v) is 14.4. The number of hydrogen-bond acceptors (Lipinski definition) is 20. The number of benzene rings is 5. The van der Waals surface area contributed by atoms with E-state index in [1.807, 2.05) is 55.4 Å². The molecule has 22 heteroatoms. The molecule has 1 fully saturated rings. The highest BCUT2D eigenvalue weighted by molar-refractivity contribution is 6.25. The minimum Gasteiger partial charge on any atom is -0.508 e. The Morgan fingerprint density at radius 1 is 0.706 bits per heavy atom. The topological polar surface area (TPSA) is 334 Å². The van der Waals surface area contributed by atoms with Crippen molar-refractivity contribution in [2.45, 2.75) is 55.5 Å². The molecular formula is C63H63N7O15. The Morgan fingerprint density at radius 2 is 1.33 bits per heavy atom. The summed E-state index contributed by atoms with van der Waals surface area (Å²) < 4.78 is 0. The molecule has 5 aromatic carbocycles. The zero-order chi connectivity index (χ0) is 61.4. The predicted octanol–water partition coefficient (Wildman–Crippen LogP) is 5.12. The molecule has 0 aliphatic heterocycles. The molecule has 0 aromatic heterocycles. The van der Waals surface area contributed by atoms with Crippen LogP contribution in [0.3, 0.4) is 0 Å². The number of nitrogens with zero attached hydrogens (tertiary/aromatic N) is 5. The SMILES string of the molecule is CNC(=O)C1=C(O)[C@@]2(O)C(ON(C)[C@@H]3C(=O)C(C(N)=O)=C(O)[C@@]4(O)C(=O)C5=C(O)c6c(O)c(-c7cccc(N=O)c7)cc(N(C)C)c6C[C@H]5C[C@@H]34)=C3C(=O)c4c(O)ccc(-c5ccc(CN(C)C)c6ccccc56)c4C[C@H]3C[C@H]2[C@@H](N(C)C)C1=O. The van der Waals surface area contributed by atoms with E-state index in [4.69, 9.17) is 10.6 Å². The summed E-state index contributed by atoms with van der Waals surface area (Å²) >= 11 is 0. The van der Waals surface area contributed by atoms with Gasteiger partial charge in [-0.15, -0.1) is 9.97 Å². The van der Waals surface area contributed by atoms with Crippen molar-refractivity contribution in [2.24, 2.45) is 34.6 Å². The van der Waals surface area contributed by atoms with Crippen molar-refractivity contribution < 1.29 is 69.4 Å². The number of phenols is 2. The van der Waals surface area contributed by atoms with E-state index in [2.05, 4.69) is 10.5 Å². The molecule has 11 rings (SSSR count). The Hall–Kier alpha value is -9.06. The Balaban J connectivity index is 1.09. The number of likely N-dealkylation sites (N-methyl/N-ethyl adjacent to an activating group) is 3. The van der Waals surface area contributed by atoms with E-state index in [-0.39, 0.29) is 47.2 Å². The number of allylic oxidation sites excluding steroid dienone is 1. The molecule has 0 bridgehead atoms. The molecule has 0 unspecified atom stereocenters. The molecule has 0 radical (unpaired) electrons. The van der Waals surface area contributed by atoms with E-state index in [0.717, 1.165) is 34.0 Å². The molecule has 2 amide bonds. The minimum absolute atomic E-state index is 0.0285. The molecule has 0 heterocycles. The smallest absolute Gasteiger partial charge is 0.258 e. The van der Waals surface area contributed by atoms with Gasteiger partial charge in [0.15, 0.2) is 34.3 Å². The molecule has 10 N–H and O–H groups in total. The molecule has 1 saturated carbocycles. The summed E-state index contributed by atoms with van der Waals surface area (Å²) in [5.74, 6) is -17.8. The van der Waals surface area contributed by atoms with E-state index >= 15 is 14.4 Å². The summed E-state index contributed by atoms with van der Waals surface area (Å²) in [6, 6.07) is 18.8. The Kier molecular flexibility index (Phi) is 14.0. The number of phenolic OH excluding ortho intramolecular Hbond substituents is 2. The molecule has 6 aliphatic rings. The van der Waals surface area contributed by atoms with Gasteiger partial charge in [-0.2, -0.15) is 0 Å². The standard InChI is InChI=1S/C63H63N7O15/c1-65-61(81)48-55(76)49(69(6)7)39-24-30-21-37-35(34-17-16-28(26-67(2)3)32-14-9-10-15-33(32)34)18-19-42(71)45(37)53(74)44(30)59(63(39,83)58(48)79)85-70(8)50-40-23-29-22-38-41(68(4)5)25-36(27-12-11-13-31(20-27)66-84)51(72)46(38)52(73)43(29)56(77)62(40,82)57(78)47(54(50)75)60(64)80/h9-20,25,29-30,39-40,49-50,71-73,78-79,82-83H,21-24,26H2,1-8H3,(H2,64,80)(H,65,81)/t29-,30-,39-,40-,49+,50-,62-,63+/m0/s1. The first-order valence-electron chi connectivity index (χ1n) is 27.5. The first kappa shape index (κ1) is 57.7. The van der Waals surface area contributed by atoms with Gasteiger partial charge in [0.2, 0.25) is 5.78 Å². The van der Waals surface area contributed by atoms with Gasteiger partial charge >= 0.3 is 0 Å². The predicted molar refractivity (Wildman–Crippen MR) is 311 cm³/mol. The van der Waals surface area contributed by atoms with E-state index < -0.39 is 140 Å². The van der Waals surface area contributed by atoms with E-state index in [1.54, 1.807) is 37.2 Å². The Morgan fingerprint density at radius 3 is 1.96 bits per heavy atom. The number of nitroso groups, excluding NO2 is 1. The van der Waals surface area contributed by atoms with Crippen LogP contribution in [0.1, 0.15) is 45.5 Å². The molecule has 22 nitrogen and oxygen atoms in total. The minimum atomic E-state index is -3.27. The quantitative estimate of drug-likeness (QED) is 0.0445. The second-order valence-corrected chi connectivity index (χ2v) is 23.5. The van der Waals surface area contributed by atoms with Gasteiger partial charge in [-0.1, -0.05) is 54.6 Å². The number of rotatable bonds is 12. The van der Waals surface area contributed by atoms with Crippen LogP contribution in [-0.2, 0) is 48.2 Å². The van der Waals surface area contributed by atoms with Crippen LogP contribution < -0.4 is 16.0 Å². The van der Waals surface area contributed by atoms with Crippen LogP contribution in [0.4, 0.5) is 11.4 Å². The summed E-state index contributed by atoms with van der Waals surface area (Å²) in [7, 11) is 12.6. The average Bonchev–Trinajstić information content (AvgIpc) is 0.750. The van der Waals surface area contributed by atoms with Crippen LogP contribution >= 0.6 is 0 Å². The normalized spacial score (nSPS) is 25.4. The number of nitrogens with one attached hydrogen (secondary N) is 1. The van der Waals surface area contributed by atoms with Gasteiger partial charge in [-0.3, -0.25) is 33.7 Å². The maximum absolute atomic E-state index is 15.8. The molecule has 85 heavy (non-hydrogen) atoms. The van der Waals surface area contributed by atoms with Crippen LogP contribution in [0, 0.1) is 28.6 Å². The van der Waals surface area contributed by atoms with Gasteiger partial charge in [0.25, 0.3) is 11.8 Å². The molecule has 8 atom stereocenters. The number of hydroxylamine groups is 2. The Bertz CT molecular complexity index is 3990. The van der Waals surface area contributed by atoms with E-state index in [9.17, 15) is 55.0 Å². The number of Topliss-reactive ketones (excluding diaryl/α,β-unsaturated/α-hetero) is 4. The largest absolute Gasteiger partial charge is 0.508 e. The number of carbonyl (C=O) groups is 6. The first-order valence-corrected chi connectivity index (χ1v) is 27.5. The van der Waals surface area contributed by atoms with Crippen molar-refractivity contribution in [3.63, 3.8) is 0 Å². The summed E-state index contributed by atoms with van der Waals surface area (Å²) in [5, 5.41) is 95.2. The number of ketones is 4. The number of primary amides is 1. The van der Waals surface area contributed by atoms with Gasteiger partial charge in [-0.05, 0) is 139 Å². The zero-order valence-electron chi connectivity index (χ0n) is 47.7.